The largest absolute Gasteiger partial charge is 0.476 e. The second kappa shape index (κ2) is 5.57. The topological polar surface area (TPSA) is 35.5 Å². The molecule has 0 amide bonds. The van der Waals surface area contributed by atoms with E-state index in [0.717, 1.165) is 0 Å². The number of carbonyl (C=O) groups excluding carboxylic acids is 1. The van der Waals surface area contributed by atoms with Crippen molar-refractivity contribution >= 4 is 5.97 Å². The van der Waals surface area contributed by atoms with Gasteiger partial charge < -0.3 is 9.47 Å². The summed E-state index contributed by atoms with van der Waals surface area (Å²) in [6.07, 6.45) is 0. The van der Waals surface area contributed by atoms with Crippen LogP contribution in [0.15, 0.2) is 60.7 Å². The molecule has 3 nitrogen and oxygen atoms in total. The maximum absolute atomic E-state index is 12.1. The van der Waals surface area contributed by atoms with Gasteiger partial charge in [-0.15, -0.1) is 0 Å². The predicted molar refractivity (Wildman–Crippen MR) is 73.2 cm³/mol. The number of benzene rings is 2. The summed E-state index contributed by atoms with van der Waals surface area (Å²) < 4.78 is 10.9. The van der Waals surface area contributed by atoms with E-state index in [2.05, 4.69) is 0 Å². The smallest absolute Gasteiger partial charge is 0.355 e. The lowest BCUT2D eigenvalue weighted by atomic mass is 10.1. The molecule has 0 unspecified atom stereocenters. The zero-order valence-corrected chi connectivity index (χ0v) is 11.0. The lowest BCUT2D eigenvalue weighted by Gasteiger charge is -2.24. The first-order chi connectivity index (χ1) is 9.08. The first-order valence-corrected chi connectivity index (χ1v) is 6.09. The van der Waals surface area contributed by atoms with Crippen LogP contribution in [-0.2, 0) is 4.79 Å². The van der Waals surface area contributed by atoms with Gasteiger partial charge in [0.05, 0.1) is 0 Å². The lowest BCUT2D eigenvalue weighted by Crippen LogP contribution is -2.41. The van der Waals surface area contributed by atoms with E-state index in [9.17, 15) is 4.79 Å². The maximum atomic E-state index is 12.1. The van der Waals surface area contributed by atoms with Gasteiger partial charge in [0.25, 0.3) is 0 Å². The van der Waals surface area contributed by atoms with Gasteiger partial charge in [-0.1, -0.05) is 36.4 Å². The molecule has 0 heterocycles. The fourth-order valence-electron chi connectivity index (χ4n) is 1.54. The van der Waals surface area contributed by atoms with Crippen molar-refractivity contribution in [1.29, 1.82) is 0 Å². The Morgan fingerprint density at radius 3 is 1.84 bits per heavy atom. The highest BCUT2D eigenvalue weighted by atomic mass is 16.6. The van der Waals surface area contributed by atoms with Crippen LogP contribution in [0, 0.1) is 0 Å². The second-order valence-corrected chi connectivity index (χ2v) is 4.63. The highest BCUT2D eigenvalue weighted by Crippen LogP contribution is 2.20. The monoisotopic (exact) mass is 256 g/mol. The molecule has 0 aliphatic rings. The minimum Gasteiger partial charge on any atom is -0.476 e. The van der Waals surface area contributed by atoms with Crippen LogP contribution >= 0.6 is 0 Å². The van der Waals surface area contributed by atoms with Gasteiger partial charge in [0.15, 0.2) is 0 Å². The predicted octanol–water partition coefficient (Wildman–Crippen LogP) is 3.45. The summed E-state index contributed by atoms with van der Waals surface area (Å²) in [4.78, 5) is 12.1. The Bertz CT molecular complexity index is 532. The average molecular weight is 256 g/mol. The normalized spacial score (nSPS) is 10.8. The molecule has 2 aromatic rings. The molecule has 0 spiro atoms. The first-order valence-electron chi connectivity index (χ1n) is 6.09. The number of ether oxygens (including phenoxy) is 2. The fraction of sp³-hybridized carbons (Fsp3) is 0.188. The van der Waals surface area contributed by atoms with E-state index < -0.39 is 11.6 Å². The van der Waals surface area contributed by atoms with Crippen molar-refractivity contribution in [2.24, 2.45) is 0 Å². The molecule has 0 atom stereocenters. The highest BCUT2D eigenvalue weighted by molar-refractivity contribution is 5.81. The third-order valence-corrected chi connectivity index (χ3v) is 2.56. The van der Waals surface area contributed by atoms with E-state index in [4.69, 9.17) is 9.47 Å². The van der Waals surface area contributed by atoms with Gasteiger partial charge in [-0.05, 0) is 38.1 Å². The molecule has 19 heavy (non-hydrogen) atoms. The number of hydrogen-bond acceptors (Lipinski definition) is 3. The summed E-state index contributed by atoms with van der Waals surface area (Å²) in [5.41, 5.74) is -1.04. The number of hydrogen-bond donors (Lipinski definition) is 0. The molecule has 2 aromatic carbocycles. The first kappa shape index (κ1) is 13.1. The van der Waals surface area contributed by atoms with Gasteiger partial charge in [0.1, 0.15) is 11.5 Å². The minimum absolute atomic E-state index is 0.428. The molecule has 0 fully saturated rings. The van der Waals surface area contributed by atoms with E-state index in [1.807, 2.05) is 36.4 Å². The molecular formula is C16H16O3. The van der Waals surface area contributed by atoms with Crippen LogP contribution in [0.5, 0.6) is 11.5 Å². The minimum atomic E-state index is -1.04. The third-order valence-electron chi connectivity index (χ3n) is 2.56. The van der Waals surface area contributed by atoms with Crippen molar-refractivity contribution < 1.29 is 14.3 Å². The Morgan fingerprint density at radius 2 is 1.32 bits per heavy atom. The molecule has 0 N–H and O–H groups in total. The summed E-state index contributed by atoms with van der Waals surface area (Å²) >= 11 is 0. The molecule has 0 saturated heterocycles. The van der Waals surface area contributed by atoms with Crippen LogP contribution in [0.3, 0.4) is 0 Å². The quantitative estimate of drug-likeness (QED) is 0.621. The molecule has 2 rings (SSSR count). The van der Waals surface area contributed by atoms with Crippen molar-refractivity contribution in [3.05, 3.63) is 60.7 Å². The third kappa shape index (κ3) is 3.58. The standard InChI is InChI=1S/C16H16O3/c1-16(2,19-14-11-7-4-8-12-14)15(17)18-13-9-5-3-6-10-13/h3-12H,1-2H3. The summed E-state index contributed by atoms with van der Waals surface area (Å²) in [5.74, 6) is 0.720. The van der Waals surface area contributed by atoms with Crippen LogP contribution < -0.4 is 9.47 Å². The van der Waals surface area contributed by atoms with Gasteiger partial charge in [0, 0.05) is 0 Å². The van der Waals surface area contributed by atoms with Gasteiger partial charge >= 0.3 is 5.97 Å². The molecular weight excluding hydrogens is 240 g/mol. The number of rotatable bonds is 4. The van der Waals surface area contributed by atoms with Crippen molar-refractivity contribution in [1.82, 2.24) is 0 Å². The maximum Gasteiger partial charge on any atom is 0.355 e. The fourth-order valence-corrected chi connectivity index (χ4v) is 1.54. The molecule has 0 saturated carbocycles. The second-order valence-electron chi connectivity index (χ2n) is 4.63. The summed E-state index contributed by atoms with van der Waals surface area (Å²) in [5, 5.41) is 0. The number of para-hydroxylation sites is 2. The average Bonchev–Trinajstić information content (AvgIpc) is 2.40. The van der Waals surface area contributed by atoms with E-state index >= 15 is 0 Å². The molecule has 98 valence electrons. The zero-order chi connectivity index (χ0) is 13.7. The SMILES string of the molecule is CC(C)(Oc1ccccc1)C(=O)Oc1ccccc1. The van der Waals surface area contributed by atoms with E-state index in [1.165, 1.54) is 0 Å². The van der Waals surface area contributed by atoms with E-state index in [0.29, 0.717) is 11.5 Å². The van der Waals surface area contributed by atoms with Crippen molar-refractivity contribution in [3.8, 4) is 11.5 Å². The summed E-state index contributed by atoms with van der Waals surface area (Å²) in [6.45, 7) is 3.37. The summed E-state index contributed by atoms with van der Waals surface area (Å²) in [7, 11) is 0. The molecule has 3 heteroatoms. The highest BCUT2D eigenvalue weighted by Gasteiger charge is 2.32. The number of esters is 1. The molecule has 0 aromatic heterocycles. The van der Waals surface area contributed by atoms with Crippen LogP contribution in [0.25, 0.3) is 0 Å². The van der Waals surface area contributed by atoms with E-state index in [1.54, 1.807) is 38.1 Å². The van der Waals surface area contributed by atoms with Crippen LogP contribution in [0.1, 0.15) is 13.8 Å². The van der Waals surface area contributed by atoms with Crippen LogP contribution in [0.4, 0.5) is 0 Å². The van der Waals surface area contributed by atoms with Gasteiger partial charge in [0.2, 0.25) is 5.60 Å². The van der Waals surface area contributed by atoms with E-state index in [-0.39, 0.29) is 0 Å². The van der Waals surface area contributed by atoms with Gasteiger partial charge in [-0.2, -0.15) is 0 Å². The van der Waals surface area contributed by atoms with Gasteiger partial charge in [-0.3, -0.25) is 0 Å². The van der Waals surface area contributed by atoms with Gasteiger partial charge in [-0.25, -0.2) is 4.79 Å². The molecule has 0 radical (unpaired) electrons. The van der Waals surface area contributed by atoms with Crippen LogP contribution in [0.2, 0.25) is 0 Å². The Labute approximate surface area is 112 Å². The van der Waals surface area contributed by atoms with Crippen molar-refractivity contribution in [3.63, 3.8) is 0 Å². The Kier molecular flexibility index (Phi) is 3.85. The Morgan fingerprint density at radius 1 is 0.842 bits per heavy atom. The molecule has 0 bridgehead atoms. The van der Waals surface area contributed by atoms with Crippen molar-refractivity contribution in [2.45, 2.75) is 19.4 Å². The zero-order valence-electron chi connectivity index (χ0n) is 11.0. The molecule has 0 aliphatic heterocycles. The van der Waals surface area contributed by atoms with Crippen LogP contribution in [-0.4, -0.2) is 11.6 Å². The summed E-state index contributed by atoms with van der Waals surface area (Å²) in [6, 6.07) is 18.2. The Balaban J connectivity index is 2.05. The molecule has 0 aliphatic carbocycles. The van der Waals surface area contributed by atoms with Crippen molar-refractivity contribution in [2.75, 3.05) is 0 Å². The Hall–Kier alpha value is -2.29. The lowest BCUT2D eigenvalue weighted by molar-refractivity contribution is -0.149. The number of carbonyl (C=O) groups is 1.